The van der Waals surface area contributed by atoms with E-state index in [1.165, 1.54) is 32.1 Å². The number of nitrogens with one attached hydrogen (secondary N) is 1. The Morgan fingerprint density at radius 2 is 1.76 bits per heavy atom. The number of benzene rings is 1. The van der Waals surface area contributed by atoms with Crippen LogP contribution in [-0.2, 0) is 0 Å². The van der Waals surface area contributed by atoms with E-state index in [9.17, 15) is 0 Å². The molecule has 4 rings (SSSR count). The molecule has 134 valence electrons. The molecule has 2 aliphatic rings. The molecule has 1 aromatic carbocycles. The number of rotatable bonds is 4. The van der Waals surface area contributed by atoms with E-state index in [4.69, 9.17) is 9.97 Å². The van der Waals surface area contributed by atoms with Gasteiger partial charge in [0, 0.05) is 37.6 Å². The normalized spacial score (nSPS) is 20.1. The van der Waals surface area contributed by atoms with Crippen LogP contribution in [0.1, 0.15) is 39.0 Å². The molecule has 0 atom stereocenters. The lowest BCUT2D eigenvalue weighted by Gasteiger charge is -2.34. The van der Waals surface area contributed by atoms with E-state index in [1.54, 1.807) is 0 Å². The van der Waals surface area contributed by atoms with Crippen molar-refractivity contribution in [1.29, 1.82) is 0 Å². The van der Waals surface area contributed by atoms with Crippen LogP contribution in [0.5, 0.6) is 0 Å². The second-order valence-corrected chi connectivity index (χ2v) is 7.29. The van der Waals surface area contributed by atoms with Crippen molar-refractivity contribution in [3.05, 3.63) is 24.3 Å². The predicted molar refractivity (Wildman–Crippen MR) is 104 cm³/mol. The minimum Gasteiger partial charge on any atom is -0.367 e. The van der Waals surface area contributed by atoms with Crippen molar-refractivity contribution in [1.82, 2.24) is 14.9 Å². The van der Waals surface area contributed by atoms with E-state index in [1.807, 2.05) is 0 Å². The quantitative estimate of drug-likeness (QED) is 0.923. The highest BCUT2D eigenvalue weighted by Gasteiger charge is 2.21. The van der Waals surface area contributed by atoms with Crippen LogP contribution in [0.25, 0.3) is 10.9 Å². The Kier molecular flexibility index (Phi) is 5.02. The van der Waals surface area contributed by atoms with Gasteiger partial charge in [0.15, 0.2) is 0 Å². The first kappa shape index (κ1) is 16.6. The second-order valence-electron chi connectivity index (χ2n) is 7.29. The first-order valence-corrected chi connectivity index (χ1v) is 9.84. The summed E-state index contributed by atoms with van der Waals surface area (Å²) >= 11 is 0. The van der Waals surface area contributed by atoms with E-state index >= 15 is 0 Å². The molecule has 5 nitrogen and oxygen atoms in total. The zero-order valence-corrected chi connectivity index (χ0v) is 15.2. The molecule has 1 aliphatic heterocycles. The molecule has 1 saturated heterocycles. The summed E-state index contributed by atoms with van der Waals surface area (Å²) < 4.78 is 0. The van der Waals surface area contributed by atoms with Crippen molar-refractivity contribution in [3.63, 3.8) is 0 Å². The number of hydrogen-bond acceptors (Lipinski definition) is 5. The van der Waals surface area contributed by atoms with Gasteiger partial charge in [-0.15, -0.1) is 0 Å². The van der Waals surface area contributed by atoms with Crippen molar-refractivity contribution < 1.29 is 0 Å². The molecule has 0 amide bonds. The van der Waals surface area contributed by atoms with Crippen molar-refractivity contribution in [2.75, 3.05) is 42.9 Å². The number of hydrogen-bond donors (Lipinski definition) is 1. The monoisotopic (exact) mass is 339 g/mol. The van der Waals surface area contributed by atoms with Crippen molar-refractivity contribution in [2.24, 2.45) is 0 Å². The van der Waals surface area contributed by atoms with E-state index in [2.05, 4.69) is 46.3 Å². The lowest BCUT2D eigenvalue weighted by Crippen LogP contribution is -2.46. The van der Waals surface area contributed by atoms with Gasteiger partial charge >= 0.3 is 0 Å². The molecular formula is C20H29N5. The Hall–Kier alpha value is -1.88. The SMILES string of the molecule is CCN1CCN(c2nc(NC3CCCCC3)c3ccccc3n2)CC1. The van der Waals surface area contributed by atoms with Crippen LogP contribution in [0.15, 0.2) is 24.3 Å². The fraction of sp³-hybridized carbons (Fsp3) is 0.600. The zero-order chi connectivity index (χ0) is 17.1. The highest BCUT2D eigenvalue weighted by molar-refractivity contribution is 5.90. The third-order valence-corrected chi connectivity index (χ3v) is 5.64. The number of piperazine rings is 1. The van der Waals surface area contributed by atoms with Gasteiger partial charge in [0.1, 0.15) is 5.82 Å². The number of nitrogens with zero attached hydrogens (tertiary/aromatic N) is 4. The van der Waals surface area contributed by atoms with Crippen LogP contribution < -0.4 is 10.2 Å². The highest BCUT2D eigenvalue weighted by Crippen LogP contribution is 2.27. The third kappa shape index (κ3) is 3.71. The van der Waals surface area contributed by atoms with Crippen molar-refractivity contribution in [2.45, 2.75) is 45.1 Å². The molecule has 2 fully saturated rings. The fourth-order valence-electron chi connectivity index (χ4n) is 4.02. The van der Waals surface area contributed by atoms with Gasteiger partial charge in [0.2, 0.25) is 5.95 Å². The minimum atomic E-state index is 0.553. The molecule has 0 bridgehead atoms. The van der Waals surface area contributed by atoms with Crippen LogP contribution in [0.3, 0.4) is 0 Å². The number of likely N-dealkylation sites (N-methyl/N-ethyl adjacent to an activating group) is 1. The first-order valence-electron chi connectivity index (χ1n) is 9.84. The van der Waals surface area contributed by atoms with Gasteiger partial charge in [-0.1, -0.05) is 38.3 Å². The van der Waals surface area contributed by atoms with Crippen LogP contribution in [0, 0.1) is 0 Å². The molecule has 2 heterocycles. The third-order valence-electron chi connectivity index (χ3n) is 5.64. The molecule has 0 spiro atoms. The summed E-state index contributed by atoms with van der Waals surface area (Å²) in [5.41, 5.74) is 1.05. The number of para-hydroxylation sites is 1. The summed E-state index contributed by atoms with van der Waals surface area (Å²) in [6, 6.07) is 8.95. The largest absolute Gasteiger partial charge is 0.367 e. The van der Waals surface area contributed by atoms with E-state index in [-0.39, 0.29) is 0 Å². The Bertz CT molecular complexity index is 702. The Labute approximate surface area is 150 Å². The molecule has 5 heteroatoms. The summed E-state index contributed by atoms with van der Waals surface area (Å²) in [5.74, 6) is 1.90. The van der Waals surface area contributed by atoms with Crippen molar-refractivity contribution in [3.8, 4) is 0 Å². The number of fused-ring (bicyclic) bond motifs is 1. The summed E-state index contributed by atoms with van der Waals surface area (Å²) in [4.78, 5) is 14.6. The number of anilines is 2. The summed E-state index contributed by atoms with van der Waals surface area (Å²) in [7, 11) is 0. The van der Waals surface area contributed by atoms with Crippen LogP contribution in [0.2, 0.25) is 0 Å². The lowest BCUT2D eigenvalue weighted by atomic mass is 9.95. The Balaban J connectivity index is 1.61. The van der Waals surface area contributed by atoms with Crippen LogP contribution >= 0.6 is 0 Å². The molecule has 1 aliphatic carbocycles. The summed E-state index contributed by atoms with van der Waals surface area (Å²) in [5, 5.41) is 4.88. The highest BCUT2D eigenvalue weighted by atomic mass is 15.3. The maximum absolute atomic E-state index is 4.95. The second kappa shape index (κ2) is 7.56. The summed E-state index contributed by atoms with van der Waals surface area (Å²) in [6.07, 6.45) is 6.53. The smallest absolute Gasteiger partial charge is 0.227 e. The van der Waals surface area contributed by atoms with Gasteiger partial charge in [-0.2, -0.15) is 4.98 Å². The lowest BCUT2D eigenvalue weighted by molar-refractivity contribution is 0.270. The van der Waals surface area contributed by atoms with E-state index < -0.39 is 0 Å². The molecule has 1 aromatic heterocycles. The first-order chi connectivity index (χ1) is 12.3. The Morgan fingerprint density at radius 3 is 2.52 bits per heavy atom. The van der Waals surface area contributed by atoms with Gasteiger partial charge in [-0.25, -0.2) is 4.98 Å². The average Bonchev–Trinajstić information content (AvgIpc) is 2.69. The van der Waals surface area contributed by atoms with Gasteiger partial charge in [0.05, 0.1) is 5.52 Å². The van der Waals surface area contributed by atoms with Gasteiger partial charge in [-0.3, -0.25) is 0 Å². The molecule has 0 unspecified atom stereocenters. The van der Waals surface area contributed by atoms with E-state index in [0.717, 1.165) is 55.4 Å². The predicted octanol–water partition coefficient (Wildman–Crippen LogP) is 3.52. The fourth-order valence-corrected chi connectivity index (χ4v) is 4.02. The molecule has 0 radical (unpaired) electrons. The van der Waals surface area contributed by atoms with Gasteiger partial charge in [-0.05, 0) is 31.5 Å². The molecular weight excluding hydrogens is 310 g/mol. The summed E-state index contributed by atoms with van der Waals surface area (Å²) in [6.45, 7) is 7.57. The Morgan fingerprint density at radius 1 is 1.00 bits per heavy atom. The molecule has 1 N–H and O–H groups in total. The van der Waals surface area contributed by atoms with Gasteiger partial charge < -0.3 is 15.1 Å². The number of aromatic nitrogens is 2. The molecule has 2 aromatic rings. The molecule has 1 saturated carbocycles. The zero-order valence-electron chi connectivity index (χ0n) is 15.2. The van der Waals surface area contributed by atoms with Crippen LogP contribution in [-0.4, -0.2) is 53.6 Å². The van der Waals surface area contributed by atoms with Crippen molar-refractivity contribution >= 4 is 22.7 Å². The topological polar surface area (TPSA) is 44.3 Å². The van der Waals surface area contributed by atoms with Gasteiger partial charge in [0.25, 0.3) is 0 Å². The molecule has 25 heavy (non-hydrogen) atoms. The average molecular weight is 339 g/mol. The minimum absolute atomic E-state index is 0.553. The maximum atomic E-state index is 4.95. The standard InChI is InChI=1S/C20H29N5/c1-2-24-12-14-25(15-13-24)20-22-18-11-7-6-10-17(18)19(23-20)21-16-8-4-3-5-9-16/h6-7,10-11,16H,2-5,8-9,12-15H2,1H3,(H,21,22,23). The maximum Gasteiger partial charge on any atom is 0.227 e. The van der Waals surface area contributed by atoms with Crippen LogP contribution in [0.4, 0.5) is 11.8 Å². The van der Waals surface area contributed by atoms with E-state index in [0.29, 0.717) is 6.04 Å².